The summed E-state index contributed by atoms with van der Waals surface area (Å²) in [5.74, 6) is -0.364. The molecule has 136 valence electrons. The van der Waals surface area contributed by atoms with Crippen LogP contribution < -0.4 is 4.74 Å². The van der Waals surface area contributed by atoms with Crippen molar-refractivity contribution in [2.45, 2.75) is 12.8 Å². The first kappa shape index (κ1) is 20.5. The summed E-state index contributed by atoms with van der Waals surface area (Å²) >= 11 is 13.0. The molecular formula is C18H12Cl2F3NOS. The summed E-state index contributed by atoms with van der Waals surface area (Å²) in [4.78, 5) is 0.267. The minimum atomic E-state index is -4.82. The minimum Gasteiger partial charge on any atom is -0.405 e. The standard InChI is InChI=1S/C18H12Cl2F3NOS/c1-26-14(10-24)9-13-7-11(3-5-17(13)25-18(21,22)23)6-12-2-4-15(19)16(20)8-12/h2-5,7-9H,6H2,1H3/b14-9+. The van der Waals surface area contributed by atoms with E-state index in [0.717, 1.165) is 22.9 Å². The van der Waals surface area contributed by atoms with Crippen LogP contribution in [0.2, 0.25) is 10.0 Å². The van der Waals surface area contributed by atoms with Crippen molar-refractivity contribution in [3.8, 4) is 11.8 Å². The summed E-state index contributed by atoms with van der Waals surface area (Å²) in [6, 6.07) is 11.4. The fourth-order valence-electron chi connectivity index (χ4n) is 2.20. The van der Waals surface area contributed by atoms with Gasteiger partial charge in [0, 0.05) is 5.56 Å². The number of thioether (sulfide) groups is 1. The van der Waals surface area contributed by atoms with Gasteiger partial charge in [-0.3, -0.25) is 0 Å². The molecule has 2 nitrogen and oxygen atoms in total. The molecule has 2 aromatic carbocycles. The second-order valence-corrected chi connectivity index (χ2v) is 6.83. The van der Waals surface area contributed by atoms with E-state index in [4.69, 9.17) is 28.5 Å². The number of nitriles is 1. The summed E-state index contributed by atoms with van der Waals surface area (Å²) in [7, 11) is 0. The smallest absolute Gasteiger partial charge is 0.405 e. The van der Waals surface area contributed by atoms with Crippen molar-refractivity contribution in [1.29, 1.82) is 5.26 Å². The van der Waals surface area contributed by atoms with Crippen molar-refractivity contribution in [1.82, 2.24) is 0 Å². The van der Waals surface area contributed by atoms with E-state index in [1.807, 2.05) is 6.07 Å². The maximum Gasteiger partial charge on any atom is 0.573 e. The summed E-state index contributed by atoms with van der Waals surface area (Å²) in [6.07, 6.45) is -1.35. The van der Waals surface area contributed by atoms with Crippen molar-refractivity contribution in [3.05, 3.63) is 68.0 Å². The van der Waals surface area contributed by atoms with Crippen LogP contribution in [0, 0.1) is 11.3 Å². The predicted molar refractivity (Wildman–Crippen MR) is 99.5 cm³/mol. The molecule has 2 aromatic rings. The molecule has 0 aliphatic rings. The zero-order chi connectivity index (χ0) is 19.3. The Labute approximate surface area is 163 Å². The number of hydrogen-bond acceptors (Lipinski definition) is 3. The molecule has 0 spiro atoms. The van der Waals surface area contributed by atoms with Crippen LogP contribution in [0.1, 0.15) is 16.7 Å². The van der Waals surface area contributed by atoms with E-state index in [-0.39, 0.29) is 16.2 Å². The lowest BCUT2D eigenvalue weighted by Gasteiger charge is -2.13. The fraction of sp³-hybridized carbons (Fsp3) is 0.167. The molecule has 0 aromatic heterocycles. The van der Waals surface area contributed by atoms with Crippen LogP contribution in [-0.4, -0.2) is 12.6 Å². The first-order valence-corrected chi connectivity index (χ1v) is 9.18. The SMILES string of the molecule is CS/C(C#N)=C/c1cc(Cc2ccc(Cl)c(Cl)c2)ccc1OC(F)(F)F. The van der Waals surface area contributed by atoms with Crippen molar-refractivity contribution < 1.29 is 17.9 Å². The molecule has 0 aliphatic carbocycles. The zero-order valence-electron chi connectivity index (χ0n) is 13.4. The summed E-state index contributed by atoms with van der Waals surface area (Å²) in [5, 5.41) is 9.86. The van der Waals surface area contributed by atoms with Gasteiger partial charge >= 0.3 is 6.36 Å². The molecular weight excluding hydrogens is 406 g/mol. The molecule has 0 bridgehead atoms. The first-order chi connectivity index (χ1) is 12.2. The van der Waals surface area contributed by atoms with Crippen LogP contribution in [0.4, 0.5) is 13.2 Å². The Hall–Kier alpha value is -1.81. The first-order valence-electron chi connectivity index (χ1n) is 7.20. The normalized spacial score (nSPS) is 12.0. The van der Waals surface area contributed by atoms with Gasteiger partial charge in [0.1, 0.15) is 11.8 Å². The Kier molecular flexibility index (Phi) is 6.87. The third kappa shape index (κ3) is 5.87. The van der Waals surface area contributed by atoms with Gasteiger partial charge in [-0.2, -0.15) is 5.26 Å². The lowest BCUT2D eigenvalue weighted by atomic mass is 10.0. The Morgan fingerprint density at radius 3 is 2.38 bits per heavy atom. The monoisotopic (exact) mass is 417 g/mol. The second kappa shape index (κ2) is 8.72. The highest BCUT2D eigenvalue weighted by molar-refractivity contribution is 8.02. The van der Waals surface area contributed by atoms with Crippen LogP contribution in [0.15, 0.2) is 41.3 Å². The quantitative estimate of drug-likeness (QED) is 0.506. The highest BCUT2D eigenvalue weighted by Crippen LogP contribution is 2.31. The van der Waals surface area contributed by atoms with Crippen LogP contribution >= 0.6 is 35.0 Å². The molecule has 0 N–H and O–H groups in total. The van der Waals surface area contributed by atoms with E-state index in [1.165, 1.54) is 18.2 Å². The second-order valence-electron chi connectivity index (χ2n) is 5.17. The van der Waals surface area contributed by atoms with Gasteiger partial charge in [0.15, 0.2) is 0 Å². The van der Waals surface area contributed by atoms with Crippen LogP contribution in [-0.2, 0) is 6.42 Å². The number of nitrogens with zero attached hydrogens (tertiary/aromatic N) is 1. The van der Waals surface area contributed by atoms with Gasteiger partial charge in [0.25, 0.3) is 0 Å². The minimum absolute atomic E-state index is 0.172. The van der Waals surface area contributed by atoms with Gasteiger partial charge < -0.3 is 4.74 Å². The highest BCUT2D eigenvalue weighted by Gasteiger charge is 2.32. The van der Waals surface area contributed by atoms with Crippen molar-refractivity contribution in [2.75, 3.05) is 6.26 Å². The van der Waals surface area contributed by atoms with Crippen molar-refractivity contribution in [2.24, 2.45) is 0 Å². The zero-order valence-corrected chi connectivity index (χ0v) is 15.7. The van der Waals surface area contributed by atoms with Gasteiger partial charge in [0.2, 0.25) is 0 Å². The molecule has 8 heteroatoms. The summed E-state index contributed by atoms with van der Waals surface area (Å²) in [5.41, 5.74) is 1.76. The molecule has 0 radical (unpaired) electrons. The molecule has 0 saturated heterocycles. The third-order valence-corrected chi connectivity index (χ3v) is 4.70. The molecule has 0 heterocycles. The lowest BCUT2D eigenvalue weighted by molar-refractivity contribution is -0.274. The third-order valence-electron chi connectivity index (χ3n) is 3.31. The lowest BCUT2D eigenvalue weighted by Crippen LogP contribution is -2.17. The molecule has 2 rings (SSSR count). The van der Waals surface area contributed by atoms with Gasteiger partial charge in [0.05, 0.1) is 15.0 Å². The number of rotatable bonds is 5. The van der Waals surface area contributed by atoms with E-state index >= 15 is 0 Å². The van der Waals surface area contributed by atoms with E-state index in [9.17, 15) is 13.2 Å². The largest absolute Gasteiger partial charge is 0.573 e. The topological polar surface area (TPSA) is 33.0 Å². The summed E-state index contributed by atoms with van der Waals surface area (Å²) in [6.45, 7) is 0. The number of benzene rings is 2. The van der Waals surface area contributed by atoms with Crippen LogP contribution in [0.5, 0.6) is 5.75 Å². The van der Waals surface area contributed by atoms with Gasteiger partial charge in [-0.25, -0.2) is 0 Å². The Morgan fingerprint density at radius 1 is 1.15 bits per heavy atom. The van der Waals surface area contributed by atoms with Crippen LogP contribution in [0.25, 0.3) is 6.08 Å². The summed E-state index contributed by atoms with van der Waals surface area (Å²) < 4.78 is 41.9. The predicted octanol–water partition coefficient (Wildman–Crippen LogP) is 6.71. The van der Waals surface area contributed by atoms with Crippen molar-refractivity contribution in [3.63, 3.8) is 0 Å². The van der Waals surface area contributed by atoms with E-state index in [1.54, 1.807) is 30.5 Å². The Balaban J connectivity index is 2.41. The van der Waals surface area contributed by atoms with Gasteiger partial charge in [-0.05, 0) is 54.1 Å². The van der Waals surface area contributed by atoms with Crippen LogP contribution in [0.3, 0.4) is 0 Å². The molecule has 0 saturated carbocycles. The highest BCUT2D eigenvalue weighted by atomic mass is 35.5. The maximum atomic E-state index is 12.6. The number of hydrogen-bond donors (Lipinski definition) is 0. The van der Waals surface area contributed by atoms with Gasteiger partial charge in [-0.1, -0.05) is 35.3 Å². The molecule has 0 unspecified atom stereocenters. The molecule has 0 atom stereocenters. The van der Waals surface area contributed by atoms with E-state index < -0.39 is 6.36 Å². The average Bonchev–Trinajstić information content (AvgIpc) is 2.57. The van der Waals surface area contributed by atoms with E-state index in [0.29, 0.717) is 16.5 Å². The number of alkyl halides is 3. The Bertz CT molecular complexity index is 876. The molecule has 0 amide bonds. The average molecular weight is 418 g/mol. The molecule has 26 heavy (non-hydrogen) atoms. The van der Waals surface area contributed by atoms with Gasteiger partial charge in [-0.15, -0.1) is 24.9 Å². The molecule has 0 fully saturated rings. The fourth-order valence-corrected chi connectivity index (χ4v) is 2.86. The number of allylic oxidation sites excluding steroid dienone is 1. The Morgan fingerprint density at radius 2 is 1.81 bits per heavy atom. The van der Waals surface area contributed by atoms with E-state index in [2.05, 4.69) is 4.74 Å². The number of ether oxygens (including phenoxy) is 1. The number of halogens is 5. The van der Waals surface area contributed by atoms with Crippen molar-refractivity contribution >= 4 is 41.0 Å². The maximum absolute atomic E-state index is 12.6. The molecule has 0 aliphatic heterocycles.